The van der Waals surface area contributed by atoms with Crippen molar-refractivity contribution in [2.24, 2.45) is 5.41 Å². The quantitative estimate of drug-likeness (QED) is 0.489. The zero-order valence-corrected chi connectivity index (χ0v) is 13.7. The molecule has 5 nitrogen and oxygen atoms in total. The number of hydrogen-bond donors (Lipinski definition) is 1. The van der Waals surface area contributed by atoms with Crippen LogP contribution in [0.5, 0.6) is 0 Å². The van der Waals surface area contributed by atoms with Gasteiger partial charge in [0, 0.05) is 16.9 Å². The summed E-state index contributed by atoms with van der Waals surface area (Å²) >= 11 is 1.50. The molecular weight excluding hydrogens is 310 g/mol. The molecule has 0 amide bonds. The predicted octanol–water partition coefficient (Wildman–Crippen LogP) is 2.11. The molecule has 2 rings (SSSR count). The van der Waals surface area contributed by atoms with Crippen LogP contribution >= 0.6 is 11.8 Å². The number of nitrogen functional groups attached to an aromatic ring is 1. The zero-order chi connectivity index (χ0) is 15.7. The van der Waals surface area contributed by atoms with Crippen molar-refractivity contribution in [2.75, 3.05) is 24.9 Å². The molecule has 7 heteroatoms. The molecule has 1 aromatic rings. The van der Waals surface area contributed by atoms with Gasteiger partial charge in [0.25, 0.3) is 0 Å². The minimum atomic E-state index is -3.33. The highest BCUT2D eigenvalue weighted by Gasteiger charge is 2.44. The van der Waals surface area contributed by atoms with E-state index in [4.69, 9.17) is 10.5 Å². The Bertz CT molecular complexity index is 651. The molecule has 1 fully saturated rings. The number of benzene rings is 1. The second-order valence-corrected chi connectivity index (χ2v) is 8.48. The fraction of sp³-hybridized carbons (Fsp3) is 0.500. The Kier molecular flexibility index (Phi) is 4.53. The molecule has 1 aliphatic rings. The summed E-state index contributed by atoms with van der Waals surface area (Å²) in [5, 5.41) is 0. The number of anilines is 1. The van der Waals surface area contributed by atoms with Gasteiger partial charge in [0.05, 0.1) is 24.1 Å². The highest BCUT2D eigenvalue weighted by molar-refractivity contribution is 7.99. The summed E-state index contributed by atoms with van der Waals surface area (Å²) in [5.41, 5.74) is 6.22. The summed E-state index contributed by atoms with van der Waals surface area (Å²) in [7, 11) is -1.94. The molecule has 0 spiro atoms. The van der Waals surface area contributed by atoms with E-state index in [2.05, 4.69) is 0 Å². The van der Waals surface area contributed by atoms with Crippen molar-refractivity contribution >= 4 is 33.3 Å². The van der Waals surface area contributed by atoms with Gasteiger partial charge in [0.15, 0.2) is 9.84 Å². The van der Waals surface area contributed by atoms with Gasteiger partial charge in [0.1, 0.15) is 0 Å². The number of esters is 1. The van der Waals surface area contributed by atoms with E-state index in [1.54, 1.807) is 6.07 Å². The Morgan fingerprint density at radius 2 is 2.10 bits per heavy atom. The summed E-state index contributed by atoms with van der Waals surface area (Å²) in [5.74, 6) is 0.533. The van der Waals surface area contributed by atoms with E-state index < -0.39 is 9.84 Å². The number of carbonyl (C=O) groups is 1. The number of nitrogens with two attached hydrogens (primary N) is 1. The molecule has 1 saturated carbocycles. The van der Waals surface area contributed by atoms with E-state index >= 15 is 0 Å². The lowest BCUT2D eigenvalue weighted by atomic mass is 10.1. The van der Waals surface area contributed by atoms with Gasteiger partial charge in [-0.05, 0) is 30.4 Å². The number of ether oxygens (including phenoxy) is 1. The molecule has 0 radical (unpaired) electrons. The Morgan fingerprint density at radius 1 is 1.43 bits per heavy atom. The van der Waals surface area contributed by atoms with Gasteiger partial charge in [-0.25, -0.2) is 8.42 Å². The molecular formula is C14H19NO4S2. The second-order valence-electron chi connectivity index (χ2n) is 5.48. The number of para-hydroxylation sites is 1. The number of sulfone groups is 1. The van der Waals surface area contributed by atoms with Crippen molar-refractivity contribution < 1.29 is 17.9 Å². The SMILES string of the molecule is COC(=O)CC1(CSc2cccc(S(C)(=O)=O)c2N)CC1. The first-order valence-electron chi connectivity index (χ1n) is 6.56. The van der Waals surface area contributed by atoms with E-state index in [1.807, 2.05) is 6.07 Å². The van der Waals surface area contributed by atoms with Crippen LogP contribution in [0.4, 0.5) is 5.69 Å². The highest BCUT2D eigenvalue weighted by atomic mass is 32.2. The molecule has 0 unspecified atom stereocenters. The van der Waals surface area contributed by atoms with Crippen LogP contribution in [0.3, 0.4) is 0 Å². The van der Waals surface area contributed by atoms with Crippen molar-refractivity contribution in [3.8, 4) is 0 Å². The maximum Gasteiger partial charge on any atom is 0.306 e. The standard InChI is InChI=1S/C14H19NO4S2/c1-19-12(16)8-14(6-7-14)9-20-10-4-3-5-11(13(10)15)21(2,17)18/h3-5H,6-9,15H2,1-2H3. The maximum absolute atomic E-state index is 11.7. The average Bonchev–Trinajstić information content (AvgIpc) is 3.16. The lowest BCUT2D eigenvalue weighted by molar-refractivity contribution is -0.141. The van der Waals surface area contributed by atoms with E-state index in [-0.39, 0.29) is 16.3 Å². The van der Waals surface area contributed by atoms with Gasteiger partial charge in [-0.2, -0.15) is 0 Å². The first kappa shape index (κ1) is 16.2. The van der Waals surface area contributed by atoms with Crippen LogP contribution in [0.2, 0.25) is 0 Å². The third-order valence-electron chi connectivity index (χ3n) is 3.66. The topological polar surface area (TPSA) is 86.5 Å². The molecule has 2 N–H and O–H groups in total. The van der Waals surface area contributed by atoms with Crippen molar-refractivity contribution in [3.05, 3.63) is 18.2 Å². The van der Waals surface area contributed by atoms with Gasteiger partial charge in [-0.15, -0.1) is 11.8 Å². The van der Waals surface area contributed by atoms with Crippen LogP contribution in [-0.4, -0.2) is 33.5 Å². The number of carbonyl (C=O) groups excluding carboxylic acids is 1. The van der Waals surface area contributed by atoms with Crippen LogP contribution in [0.1, 0.15) is 19.3 Å². The van der Waals surface area contributed by atoms with Gasteiger partial charge in [-0.1, -0.05) is 6.07 Å². The summed E-state index contributed by atoms with van der Waals surface area (Å²) in [6.45, 7) is 0. The van der Waals surface area contributed by atoms with Crippen LogP contribution in [-0.2, 0) is 19.4 Å². The molecule has 1 aliphatic carbocycles. The number of rotatable bonds is 6. The highest BCUT2D eigenvalue weighted by Crippen LogP contribution is 2.52. The predicted molar refractivity (Wildman–Crippen MR) is 83.0 cm³/mol. The minimum Gasteiger partial charge on any atom is -0.469 e. The average molecular weight is 329 g/mol. The lowest BCUT2D eigenvalue weighted by Crippen LogP contribution is -2.13. The molecule has 0 aliphatic heterocycles. The van der Waals surface area contributed by atoms with Crippen LogP contribution in [0.15, 0.2) is 28.0 Å². The van der Waals surface area contributed by atoms with E-state index in [1.165, 1.54) is 24.9 Å². The van der Waals surface area contributed by atoms with E-state index in [0.29, 0.717) is 12.1 Å². The Labute approximate surface area is 129 Å². The molecule has 0 aromatic heterocycles. The third-order valence-corrected chi connectivity index (χ3v) is 6.24. The normalized spacial score (nSPS) is 16.5. The number of hydrogen-bond acceptors (Lipinski definition) is 6. The summed E-state index contributed by atoms with van der Waals surface area (Å²) in [4.78, 5) is 12.3. The molecule has 0 atom stereocenters. The summed E-state index contributed by atoms with van der Waals surface area (Å²) in [6.07, 6.45) is 3.52. The maximum atomic E-state index is 11.7. The number of methoxy groups -OCH3 is 1. The fourth-order valence-electron chi connectivity index (χ4n) is 2.13. The Balaban J connectivity index is 2.10. The van der Waals surface area contributed by atoms with Gasteiger partial charge in [-0.3, -0.25) is 4.79 Å². The molecule has 0 heterocycles. The molecule has 1 aromatic carbocycles. The van der Waals surface area contributed by atoms with E-state index in [0.717, 1.165) is 29.7 Å². The van der Waals surface area contributed by atoms with Gasteiger partial charge in [0.2, 0.25) is 0 Å². The largest absolute Gasteiger partial charge is 0.469 e. The number of thioether (sulfide) groups is 1. The van der Waals surface area contributed by atoms with Crippen LogP contribution in [0, 0.1) is 5.41 Å². The van der Waals surface area contributed by atoms with Crippen LogP contribution in [0.25, 0.3) is 0 Å². The van der Waals surface area contributed by atoms with E-state index in [9.17, 15) is 13.2 Å². The van der Waals surface area contributed by atoms with Crippen molar-refractivity contribution in [2.45, 2.75) is 29.1 Å². The lowest BCUT2D eigenvalue weighted by Gasteiger charge is -2.15. The van der Waals surface area contributed by atoms with Crippen molar-refractivity contribution in [1.29, 1.82) is 0 Å². The molecule has 0 bridgehead atoms. The Hall–Kier alpha value is -1.21. The molecule has 0 saturated heterocycles. The van der Waals surface area contributed by atoms with Crippen LogP contribution < -0.4 is 5.73 Å². The van der Waals surface area contributed by atoms with Crippen molar-refractivity contribution in [1.82, 2.24) is 0 Å². The monoisotopic (exact) mass is 329 g/mol. The van der Waals surface area contributed by atoms with Crippen molar-refractivity contribution in [3.63, 3.8) is 0 Å². The molecule has 116 valence electrons. The summed E-state index contributed by atoms with van der Waals surface area (Å²) in [6, 6.07) is 5.01. The Morgan fingerprint density at radius 3 is 2.62 bits per heavy atom. The first-order valence-corrected chi connectivity index (χ1v) is 9.43. The first-order chi connectivity index (χ1) is 9.77. The minimum absolute atomic E-state index is 0.0225. The third kappa shape index (κ3) is 3.91. The zero-order valence-electron chi connectivity index (χ0n) is 12.1. The molecule has 21 heavy (non-hydrogen) atoms. The van der Waals surface area contributed by atoms with Gasteiger partial charge < -0.3 is 10.5 Å². The van der Waals surface area contributed by atoms with Gasteiger partial charge >= 0.3 is 5.97 Å². The smallest absolute Gasteiger partial charge is 0.306 e. The summed E-state index contributed by atoms with van der Waals surface area (Å²) < 4.78 is 28.0. The second kappa shape index (κ2) is 5.88. The fourth-order valence-corrected chi connectivity index (χ4v) is 4.32.